The third kappa shape index (κ3) is 5.82. The summed E-state index contributed by atoms with van der Waals surface area (Å²) in [6, 6.07) is 9.68. The number of anilines is 1. The lowest BCUT2D eigenvalue weighted by atomic mass is 9.96. The molecule has 3 rings (SSSR count). The second-order valence-electron chi connectivity index (χ2n) is 7.02. The smallest absolute Gasteiger partial charge is 0.313 e. The number of nitrogens with zero attached hydrogens (tertiary/aromatic N) is 3. The van der Waals surface area contributed by atoms with Crippen LogP contribution in [-0.4, -0.2) is 46.3 Å². The Balaban J connectivity index is 1.42. The Bertz CT molecular complexity index is 866. The first-order chi connectivity index (χ1) is 14.0. The molecule has 0 radical (unpaired) electrons. The van der Waals surface area contributed by atoms with Crippen molar-refractivity contribution in [2.24, 2.45) is 5.92 Å². The quantitative estimate of drug-likeness (QED) is 0.437. The lowest BCUT2D eigenvalue weighted by Crippen LogP contribution is -2.41. The zero-order valence-electron chi connectivity index (χ0n) is 15.9. The average molecular weight is 397 g/mol. The van der Waals surface area contributed by atoms with E-state index in [1.165, 1.54) is 23.8 Å². The van der Waals surface area contributed by atoms with E-state index in [0.29, 0.717) is 12.5 Å². The van der Waals surface area contributed by atoms with Gasteiger partial charge in [0.2, 0.25) is 0 Å². The van der Waals surface area contributed by atoms with E-state index < -0.39 is 16.7 Å². The number of hydrogen-bond donors (Lipinski definition) is 2. The van der Waals surface area contributed by atoms with Crippen LogP contribution in [0, 0.1) is 16.0 Å². The summed E-state index contributed by atoms with van der Waals surface area (Å²) in [6.45, 7) is 3.09. The molecule has 9 nitrogen and oxygen atoms in total. The van der Waals surface area contributed by atoms with E-state index in [1.54, 1.807) is 12.3 Å². The van der Waals surface area contributed by atoms with Crippen molar-refractivity contribution in [3.8, 4) is 0 Å². The number of likely N-dealkylation sites (tertiary alicyclic amines) is 1. The number of pyridine rings is 1. The van der Waals surface area contributed by atoms with Crippen molar-refractivity contribution < 1.29 is 14.5 Å². The van der Waals surface area contributed by atoms with E-state index in [-0.39, 0.29) is 11.4 Å². The number of piperidine rings is 1. The minimum absolute atomic E-state index is 0.00126. The van der Waals surface area contributed by atoms with Gasteiger partial charge in [0.25, 0.3) is 5.69 Å². The molecule has 0 bridgehead atoms. The Morgan fingerprint density at radius 3 is 2.59 bits per heavy atom. The lowest BCUT2D eigenvalue weighted by molar-refractivity contribution is -0.383. The van der Waals surface area contributed by atoms with Crippen molar-refractivity contribution >= 4 is 23.2 Å². The highest BCUT2D eigenvalue weighted by atomic mass is 16.6. The van der Waals surface area contributed by atoms with Gasteiger partial charge in [0.15, 0.2) is 0 Å². The van der Waals surface area contributed by atoms with E-state index in [4.69, 9.17) is 0 Å². The summed E-state index contributed by atoms with van der Waals surface area (Å²) in [6.07, 6.45) is 5.46. The Hall–Kier alpha value is -3.33. The van der Waals surface area contributed by atoms with Crippen molar-refractivity contribution in [2.45, 2.75) is 19.4 Å². The number of carbonyl (C=O) groups is 2. The first-order valence-corrected chi connectivity index (χ1v) is 9.47. The van der Waals surface area contributed by atoms with E-state index in [1.807, 2.05) is 12.3 Å². The topological polar surface area (TPSA) is 117 Å². The largest absolute Gasteiger partial charge is 0.348 e. The highest BCUT2D eigenvalue weighted by molar-refractivity contribution is 6.39. The summed E-state index contributed by atoms with van der Waals surface area (Å²) < 4.78 is 0. The molecule has 2 N–H and O–H groups in total. The summed E-state index contributed by atoms with van der Waals surface area (Å²) in [5.74, 6) is -1.41. The van der Waals surface area contributed by atoms with Crippen molar-refractivity contribution in [1.82, 2.24) is 15.2 Å². The van der Waals surface area contributed by atoms with Crippen molar-refractivity contribution in [2.75, 3.05) is 25.0 Å². The molecule has 29 heavy (non-hydrogen) atoms. The van der Waals surface area contributed by atoms with Crippen molar-refractivity contribution in [3.05, 3.63) is 64.5 Å². The molecule has 0 atom stereocenters. The molecule has 1 fully saturated rings. The van der Waals surface area contributed by atoms with Crippen LogP contribution in [0.1, 0.15) is 18.4 Å². The fourth-order valence-electron chi connectivity index (χ4n) is 3.33. The molecule has 1 aromatic carbocycles. The number of nitrogens with one attached hydrogen (secondary N) is 2. The van der Waals surface area contributed by atoms with Crippen LogP contribution in [0.4, 0.5) is 11.4 Å². The van der Waals surface area contributed by atoms with Gasteiger partial charge in [0.1, 0.15) is 5.69 Å². The number of nitro benzene ring substituents is 1. The molecule has 1 saturated heterocycles. The minimum atomic E-state index is -0.909. The van der Waals surface area contributed by atoms with Crippen LogP contribution in [0.15, 0.2) is 48.8 Å². The van der Waals surface area contributed by atoms with Gasteiger partial charge in [-0.05, 0) is 49.5 Å². The number of hydrogen-bond acceptors (Lipinski definition) is 6. The Morgan fingerprint density at radius 2 is 1.90 bits per heavy atom. The molecule has 2 heterocycles. The molecule has 9 heteroatoms. The first kappa shape index (κ1) is 20.4. The van der Waals surface area contributed by atoms with E-state index >= 15 is 0 Å². The van der Waals surface area contributed by atoms with Gasteiger partial charge >= 0.3 is 11.8 Å². The molecule has 0 unspecified atom stereocenters. The number of benzene rings is 1. The molecule has 0 aliphatic carbocycles. The molecule has 1 aromatic heterocycles. The van der Waals surface area contributed by atoms with Crippen LogP contribution in [0.5, 0.6) is 0 Å². The first-order valence-electron chi connectivity index (χ1n) is 9.47. The Morgan fingerprint density at radius 1 is 1.14 bits per heavy atom. The maximum Gasteiger partial charge on any atom is 0.313 e. The Kier molecular flexibility index (Phi) is 6.85. The SMILES string of the molecule is O=C(NCC1CCN(Cc2cccnc2)CC1)C(=O)Nc1ccccc1[N+](=O)[O-]. The van der Waals surface area contributed by atoms with Crippen LogP contribution < -0.4 is 10.6 Å². The summed E-state index contributed by atoms with van der Waals surface area (Å²) in [5.41, 5.74) is 0.918. The van der Waals surface area contributed by atoms with Crippen LogP contribution in [0.3, 0.4) is 0 Å². The third-order valence-corrected chi connectivity index (χ3v) is 4.94. The van der Waals surface area contributed by atoms with Crippen molar-refractivity contribution in [3.63, 3.8) is 0 Å². The molecule has 1 aliphatic rings. The summed E-state index contributed by atoms with van der Waals surface area (Å²) in [5, 5.41) is 15.9. The van der Waals surface area contributed by atoms with E-state index in [2.05, 4.69) is 26.6 Å². The van der Waals surface area contributed by atoms with Gasteiger partial charge in [-0.3, -0.25) is 29.6 Å². The number of carbonyl (C=O) groups excluding carboxylic acids is 2. The third-order valence-electron chi connectivity index (χ3n) is 4.94. The van der Waals surface area contributed by atoms with Crippen LogP contribution >= 0.6 is 0 Å². The highest BCUT2D eigenvalue weighted by Crippen LogP contribution is 2.23. The fourth-order valence-corrected chi connectivity index (χ4v) is 3.33. The molecular formula is C20H23N5O4. The van der Waals surface area contributed by atoms with Gasteiger partial charge in [-0.2, -0.15) is 0 Å². The van der Waals surface area contributed by atoms with Crippen LogP contribution in [0.25, 0.3) is 0 Å². The number of amides is 2. The predicted octanol–water partition coefficient (Wildman–Crippen LogP) is 1.96. The van der Waals surface area contributed by atoms with Gasteiger partial charge < -0.3 is 10.6 Å². The second kappa shape index (κ2) is 9.74. The zero-order valence-corrected chi connectivity index (χ0v) is 15.9. The van der Waals surface area contributed by atoms with Gasteiger partial charge in [-0.15, -0.1) is 0 Å². The zero-order chi connectivity index (χ0) is 20.6. The summed E-state index contributed by atoms with van der Waals surface area (Å²) >= 11 is 0. The Labute approximate surface area is 168 Å². The van der Waals surface area contributed by atoms with Gasteiger partial charge in [-0.25, -0.2) is 0 Å². The normalized spacial score (nSPS) is 14.9. The standard InChI is InChI=1S/C20H23N5O4/c26-19(20(27)23-17-5-1-2-6-18(17)25(28)29)22-13-15-7-10-24(11-8-15)14-16-4-3-9-21-12-16/h1-6,9,12,15H,7-8,10-11,13-14H2,(H,22,26)(H,23,27). The molecule has 0 spiro atoms. The van der Waals surface area contributed by atoms with Crippen LogP contribution in [-0.2, 0) is 16.1 Å². The number of rotatable bonds is 6. The van der Waals surface area contributed by atoms with E-state index in [0.717, 1.165) is 32.5 Å². The summed E-state index contributed by atoms with van der Waals surface area (Å²) in [7, 11) is 0. The number of nitro groups is 1. The van der Waals surface area contributed by atoms with Gasteiger partial charge in [-0.1, -0.05) is 18.2 Å². The number of para-hydroxylation sites is 2. The highest BCUT2D eigenvalue weighted by Gasteiger charge is 2.23. The molecular weight excluding hydrogens is 374 g/mol. The van der Waals surface area contributed by atoms with E-state index in [9.17, 15) is 19.7 Å². The lowest BCUT2D eigenvalue weighted by Gasteiger charge is -2.31. The molecule has 0 saturated carbocycles. The van der Waals surface area contributed by atoms with Crippen LogP contribution in [0.2, 0.25) is 0 Å². The maximum atomic E-state index is 12.1. The molecule has 152 valence electrons. The summed E-state index contributed by atoms with van der Waals surface area (Å²) in [4.78, 5) is 41.0. The van der Waals surface area contributed by atoms with Gasteiger partial charge in [0.05, 0.1) is 4.92 Å². The minimum Gasteiger partial charge on any atom is -0.348 e. The second-order valence-corrected chi connectivity index (χ2v) is 7.02. The number of aromatic nitrogens is 1. The molecule has 1 aliphatic heterocycles. The van der Waals surface area contributed by atoms with Crippen molar-refractivity contribution in [1.29, 1.82) is 0 Å². The molecule has 2 aromatic rings. The monoisotopic (exact) mass is 397 g/mol. The maximum absolute atomic E-state index is 12.1. The molecule has 2 amide bonds. The fraction of sp³-hybridized carbons (Fsp3) is 0.350. The average Bonchev–Trinajstić information content (AvgIpc) is 2.74. The predicted molar refractivity (Wildman–Crippen MR) is 107 cm³/mol. The van der Waals surface area contributed by atoms with Gasteiger partial charge in [0, 0.05) is 31.5 Å².